The van der Waals surface area contributed by atoms with E-state index in [1.165, 1.54) is 12.8 Å². The summed E-state index contributed by atoms with van der Waals surface area (Å²) in [6.07, 6.45) is 5.71. The Morgan fingerprint density at radius 3 is 2.89 bits per heavy atom. The van der Waals surface area contributed by atoms with Crippen molar-refractivity contribution in [2.24, 2.45) is 5.92 Å². The zero-order chi connectivity index (χ0) is 19.5. The van der Waals surface area contributed by atoms with Crippen molar-refractivity contribution in [2.75, 3.05) is 35.2 Å². The van der Waals surface area contributed by atoms with Crippen LogP contribution in [0.15, 0.2) is 18.2 Å². The van der Waals surface area contributed by atoms with Crippen LogP contribution >= 0.6 is 0 Å². The third kappa shape index (κ3) is 4.26. The Morgan fingerprint density at radius 1 is 1.14 bits per heavy atom. The molecule has 0 aromatic carbocycles. The summed E-state index contributed by atoms with van der Waals surface area (Å²) in [5.74, 6) is 2.07. The number of rotatable bonds is 0. The molecular weight excluding hydrogens is 351 g/mol. The molecule has 1 saturated heterocycles. The largest absolute Gasteiger partial charge is 0.356 e. The number of pyridine rings is 1. The summed E-state index contributed by atoms with van der Waals surface area (Å²) in [7, 11) is 5.95. The summed E-state index contributed by atoms with van der Waals surface area (Å²) in [6, 6.07) is 5.19. The summed E-state index contributed by atoms with van der Waals surface area (Å²) >= 11 is 0. The van der Waals surface area contributed by atoms with Crippen molar-refractivity contribution in [3.63, 3.8) is 0 Å². The van der Waals surface area contributed by atoms with E-state index in [0.717, 1.165) is 44.6 Å². The van der Waals surface area contributed by atoms with Crippen molar-refractivity contribution < 1.29 is 4.79 Å². The minimum absolute atomic E-state index is 0.233. The lowest BCUT2D eigenvalue weighted by Crippen LogP contribution is -2.38. The fraction of sp³-hybridized carbons (Fsp3) is 0.500. The number of nitrogens with one attached hydrogen (secondary N) is 2. The Hall–Kier alpha value is -2.64. The summed E-state index contributed by atoms with van der Waals surface area (Å²) in [4.78, 5) is 28.6. The van der Waals surface area contributed by atoms with Crippen LogP contribution in [0, 0.1) is 12.8 Å². The summed E-state index contributed by atoms with van der Waals surface area (Å²) in [5.41, 5.74) is 1.75. The van der Waals surface area contributed by atoms with E-state index in [9.17, 15) is 4.79 Å². The van der Waals surface area contributed by atoms with Crippen LogP contribution in [-0.4, -0.2) is 48.3 Å². The van der Waals surface area contributed by atoms with Gasteiger partial charge in [-0.2, -0.15) is 4.98 Å². The summed E-state index contributed by atoms with van der Waals surface area (Å²) in [5, 5.41) is 6.18. The topological polar surface area (TPSA) is 83.0 Å². The van der Waals surface area contributed by atoms with E-state index >= 15 is 0 Å². The molecule has 1 atom stereocenters. The van der Waals surface area contributed by atoms with E-state index in [-0.39, 0.29) is 5.91 Å². The zero-order valence-corrected chi connectivity index (χ0v) is 16.2. The first-order valence-electron chi connectivity index (χ1n) is 10.0. The number of nitrogens with zero attached hydrogens (tertiary/aromatic N) is 4. The molecule has 8 heteroatoms. The van der Waals surface area contributed by atoms with Crippen LogP contribution in [-0.2, 0) is 0 Å². The second kappa shape index (κ2) is 8.16. The second-order valence-electron chi connectivity index (χ2n) is 7.66. The third-order valence-electron chi connectivity index (χ3n) is 5.38. The lowest BCUT2D eigenvalue weighted by Gasteiger charge is -2.34. The van der Waals surface area contributed by atoms with Gasteiger partial charge in [-0.15, -0.1) is 0 Å². The first-order chi connectivity index (χ1) is 13.6. The van der Waals surface area contributed by atoms with Crippen LogP contribution in [0.4, 0.5) is 17.6 Å². The number of piperidine rings is 1. The Bertz CT molecular complexity index is 874. The van der Waals surface area contributed by atoms with E-state index in [1.807, 2.05) is 6.92 Å². The van der Waals surface area contributed by atoms with Gasteiger partial charge in [0.2, 0.25) is 5.95 Å². The highest BCUT2D eigenvalue weighted by Gasteiger charge is 2.25. The van der Waals surface area contributed by atoms with E-state index in [2.05, 4.69) is 30.5 Å². The van der Waals surface area contributed by atoms with Crippen LogP contribution in [0.2, 0.25) is 0 Å². The molecule has 2 aliphatic heterocycles. The Kier molecular flexibility index (Phi) is 5.46. The van der Waals surface area contributed by atoms with Gasteiger partial charge in [-0.1, -0.05) is 12.5 Å². The molecule has 4 rings (SSSR count). The van der Waals surface area contributed by atoms with Gasteiger partial charge < -0.3 is 15.5 Å². The first-order valence-corrected chi connectivity index (χ1v) is 10.0. The van der Waals surface area contributed by atoms with Gasteiger partial charge in [-0.25, -0.2) is 9.97 Å². The van der Waals surface area contributed by atoms with E-state index in [0.29, 0.717) is 34.7 Å². The van der Waals surface area contributed by atoms with Gasteiger partial charge in [0.15, 0.2) is 0 Å². The minimum atomic E-state index is -0.233. The van der Waals surface area contributed by atoms with Crippen molar-refractivity contribution >= 4 is 36.9 Å². The molecular formula is C20H25BN6O. The molecule has 28 heavy (non-hydrogen) atoms. The molecule has 2 aliphatic rings. The van der Waals surface area contributed by atoms with Gasteiger partial charge in [0.1, 0.15) is 19.5 Å². The molecule has 0 spiro atoms. The maximum atomic E-state index is 13.0. The van der Waals surface area contributed by atoms with Crippen molar-refractivity contribution in [1.29, 1.82) is 0 Å². The Morgan fingerprint density at radius 2 is 2.00 bits per heavy atom. The average molecular weight is 376 g/mol. The number of fused-ring (bicyclic) bond motifs is 6. The molecule has 144 valence electrons. The fourth-order valence-corrected chi connectivity index (χ4v) is 4.03. The van der Waals surface area contributed by atoms with Gasteiger partial charge in [0.25, 0.3) is 5.91 Å². The Labute approximate surface area is 166 Å². The molecule has 2 aromatic rings. The number of hydrogen-bond donors (Lipinski definition) is 2. The van der Waals surface area contributed by atoms with Gasteiger partial charge >= 0.3 is 0 Å². The second-order valence-corrected chi connectivity index (χ2v) is 7.66. The van der Waals surface area contributed by atoms with Crippen LogP contribution < -0.4 is 21.1 Å². The van der Waals surface area contributed by atoms with Gasteiger partial charge in [-0.3, -0.25) is 4.79 Å². The standard InChI is InChI=1S/C20H25BN6O/c1-13-11-17-25-19(28)15-7-8-16(21)24-18(15)27-10-4-6-14(12-27)5-2-3-9-22-20(23-13)26-17/h7-8,11,14H,2-6,9-10,12H2,1H3,(H2,22,23,25,26,28). The van der Waals surface area contributed by atoms with E-state index in [1.54, 1.807) is 18.2 Å². The first kappa shape index (κ1) is 18.7. The molecule has 4 heterocycles. The third-order valence-corrected chi connectivity index (χ3v) is 5.38. The lowest BCUT2D eigenvalue weighted by atomic mass is 9.92. The highest BCUT2D eigenvalue weighted by Crippen LogP contribution is 2.27. The molecule has 2 N–H and O–H groups in total. The van der Waals surface area contributed by atoms with Crippen LogP contribution in [0.25, 0.3) is 0 Å². The minimum Gasteiger partial charge on any atom is -0.356 e. The van der Waals surface area contributed by atoms with Crippen LogP contribution in [0.3, 0.4) is 0 Å². The van der Waals surface area contributed by atoms with E-state index < -0.39 is 0 Å². The normalized spacial score (nSPS) is 20.2. The monoisotopic (exact) mass is 376 g/mol. The van der Waals surface area contributed by atoms with E-state index in [4.69, 9.17) is 7.85 Å². The smallest absolute Gasteiger partial charge is 0.260 e. The summed E-state index contributed by atoms with van der Waals surface area (Å²) < 4.78 is 0. The predicted molar refractivity (Wildman–Crippen MR) is 112 cm³/mol. The highest BCUT2D eigenvalue weighted by molar-refractivity contribution is 6.31. The van der Waals surface area contributed by atoms with Gasteiger partial charge in [0.05, 0.1) is 5.56 Å². The molecule has 1 unspecified atom stereocenters. The van der Waals surface area contributed by atoms with Crippen molar-refractivity contribution in [2.45, 2.75) is 39.0 Å². The van der Waals surface area contributed by atoms with Gasteiger partial charge in [-0.05, 0) is 50.2 Å². The summed E-state index contributed by atoms with van der Waals surface area (Å²) in [6.45, 7) is 4.52. The van der Waals surface area contributed by atoms with Crippen molar-refractivity contribution in [3.05, 3.63) is 29.5 Å². The average Bonchev–Trinajstić information content (AvgIpc) is 2.67. The van der Waals surface area contributed by atoms with Crippen molar-refractivity contribution in [1.82, 2.24) is 15.0 Å². The van der Waals surface area contributed by atoms with Crippen molar-refractivity contribution in [3.8, 4) is 0 Å². The number of aromatic nitrogens is 3. The molecule has 0 saturated carbocycles. The maximum Gasteiger partial charge on any atom is 0.260 e. The number of anilines is 3. The molecule has 4 bridgehead atoms. The number of hydrogen-bond acceptors (Lipinski definition) is 6. The molecule has 2 radical (unpaired) electrons. The zero-order valence-electron chi connectivity index (χ0n) is 16.2. The molecule has 1 amide bonds. The number of carbonyl (C=O) groups is 1. The van der Waals surface area contributed by atoms with Crippen LogP contribution in [0.1, 0.15) is 48.2 Å². The molecule has 7 nitrogen and oxygen atoms in total. The number of amides is 1. The Balaban J connectivity index is 1.71. The fourth-order valence-electron chi connectivity index (χ4n) is 4.03. The molecule has 1 fully saturated rings. The quantitative estimate of drug-likeness (QED) is 0.685. The molecule has 0 aliphatic carbocycles. The van der Waals surface area contributed by atoms with Gasteiger partial charge in [0, 0.05) is 31.4 Å². The number of carbonyl (C=O) groups excluding carboxylic acids is 1. The molecule has 2 aromatic heterocycles. The predicted octanol–water partition coefficient (Wildman–Crippen LogP) is 2.04. The highest BCUT2D eigenvalue weighted by atomic mass is 16.1. The lowest BCUT2D eigenvalue weighted by molar-refractivity contribution is 0.102. The number of aryl methyl sites for hydroxylation is 1. The van der Waals surface area contributed by atoms with Crippen LogP contribution in [0.5, 0.6) is 0 Å². The maximum absolute atomic E-state index is 13.0. The SMILES string of the molecule is [B]c1ccc2c(n1)N1CCCC(CCCCNc3nc(C)cc(n3)NC2=O)C1.